The molecular weight excluding hydrogens is 387 g/mol. The van der Waals surface area contributed by atoms with Crippen molar-refractivity contribution in [2.45, 2.75) is 37.8 Å². The fourth-order valence-corrected chi connectivity index (χ4v) is 3.26. The van der Waals surface area contributed by atoms with E-state index in [0.29, 0.717) is 11.5 Å². The Kier molecular flexibility index (Phi) is 6.91. The second-order valence-electron chi connectivity index (χ2n) is 7.01. The van der Waals surface area contributed by atoms with Gasteiger partial charge in [0.1, 0.15) is 11.6 Å². The van der Waals surface area contributed by atoms with Crippen LogP contribution in [0, 0.1) is 11.2 Å². The van der Waals surface area contributed by atoms with Gasteiger partial charge in [0.25, 0.3) is 5.91 Å². The summed E-state index contributed by atoms with van der Waals surface area (Å²) >= 11 is 0. The van der Waals surface area contributed by atoms with E-state index in [1.54, 1.807) is 18.3 Å². The zero-order valence-electron chi connectivity index (χ0n) is 16.4. The van der Waals surface area contributed by atoms with Crippen LogP contribution in [0.1, 0.15) is 36.0 Å². The molecule has 0 bridgehead atoms. The van der Waals surface area contributed by atoms with Crippen LogP contribution in [0.15, 0.2) is 36.7 Å². The van der Waals surface area contributed by atoms with Crippen LogP contribution in [0.3, 0.4) is 0 Å². The molecule has 3 rings (SSSR count). The van der Waals surface area contributed by atoms with Crippen molar-refractivity contribution in [3.63, 3.8) is 0 Å². The minimum Gasteiger partial charge on any atom is -0.365 e. The molecule has 2 atom stereocenters. The number of pyridine rings is 2. The average molecular weight is 412 g/mol. The summed E-state index contributed by atoms with van der Waals surface area (Å²) in [7, 11) is 0. The first kappa shape index (κ1) is 21.2. The van der Waals surface area contributed by atoms with Crippen LogP contribution in [-0.2, 0) is 0 Å². The zero-order valence-corrected chi connectivity index (χ0v) is 16.4. The Labute approximate surface area is 173 Å². The molecule has 0 unspecified atom stereocenters. The molecule has 1 saturated carbocycles. The third-order valence-corrected chi connectivity index (χ3v) is 4.83. The Morgan fingerprint density at radius 2 is 2.07 bits per heavy atom. The van der Waals surface area contributed by atoms with E-state index in [9.17, 15) is 9.18 Å². The van der Waals surface area contributed by atoms with Crippen LogP contribution in [0.2, 0.25) is 0 Å². The quantitative estimate of drug-likeness (QED) is 0.364. The molecule has 2 aromatic rings. The lowest BCUT2D eigenvalue weighted by atomic mass is 9.91. The van der Waals surface area contributed by atoms with Crippen molar-refractivity contribution in [1.82, 2.24) is 9.97 Å². The number of hydrogen-bond donors (Lipinski definition) is 6. The van der Waals surface area contributed by atoms with Gasteiger partial charge in [-0.2, -0.15) is 0 Å². The number of carbonyl (C=O) groups excluding carboxylic acids is 1. The molecule has 2 heterocycles. The van der Waals surface area contributed by atoms with Crippen molar-refractivity contribution in [3.8, 4) is 0 Å². The molecule has 158 valence electrons. The summed E-state index contributed by atoms with van der Waals surface area (Å²) in [4.78, 5) is 20.3. The van der Waals surface area contributed by atoms with Crippen molar-refractivity contribution in [3.05, 3.63) is 48.1 Å². The number of halogens is 1. The van der Waals surface area contributed by atoms with Crippen molar-refractivity contribution >= 4 is 35.3 Å². The Balaban J connectivity index is 1.82. The van der Waals surface area contributed by atoms with Crippen molar-refractivity contribution in [2.24, 2.45) is 11.5 Å². The normalized spacial score (nSPS) is 18.7. The first-order chi connectivity index (χ1) is 14.5. The number of amides is 1. The maximum Gasteiger partial charge on any atom is 0.252 e. The summed E-state index contributed by atoms with van der Waals surface area (Å²) in [5.41, 5.74) is 12.0. The van der Waals surface area contributed by atoms with Gasteiger partial charge in [0.15, 0.2) is 11.6 Å². The van der Waals surface area contributed by atoms with E-state index in [1.165, 1.54) is 12.3 Å². The van der Waals surface area contributed by atoms with Gasteiger partial charge in [0, 0.05) is 24.5 Å². The molecule has 9 nitrogen and oxygen atoms in total. The second kappa shape index (κ2) is 9.79. The molecule has 0 aromatic carbocycles. The minimum atomic E-state index is -0.798. The van der Waals surface area contributed by atoms with Crippen LogP contribution in [0.25, 0.3) is 0 Å². The van der Waals surface area contributed by atoms with Gasteiger partial charge in [0.2, 0.25) is 0 Å². The number of primary amides is 1. The molecule has 0 spiro atoms. The van der Waals surface area contributed by atoms with Crippen molar-refractivity contribution < 1.29 is 9.18 Å². The van der Waals surface area contributed by atoms with Gasteiger partial charge in [0.05, 0.1) is 17.4 Å². The van der Waals surface area contributed by atoms with Crippen LogP contribution in [-0.4, -0.2) is 34.2 Å². The summed E-state index contributed by atoms with van der Waals surface area (Å²) in [5, 5.41) is 15.9. The number of anilines is 4. The number of carbonyl (C=O) groups is 1. The largest absolute Gasteiger partial charge is 0.365 e. The van der Waals surface area contributed by atoms with Gasteiger partial charge in [-0.05, 0) is 37.1 Å². The lowest BCUT2D eigenvalue weighted by Crippen LogP contribution is -2.43. The molecule has 30 heavy (non-hydrogen) atoms. The predicted octanol–water partition coefficient (Wildman–Crippen LogP) is 2.72. The topological polar surface area (TPSA) is 155 Å². The molecule has 1 aliphatic rings. The second-order valence-corrected chi connectivity index (χ2v) is 7.01. The third kappa shape index (κ3) is 5.29. The minimum absolute atomic E-state index is 0.0212. The molecule has 1 amide bonds. The van der Waals surface area contributed by atoms with E-state index < -0.39 is 11.7 Å². The van der Waals surface area contributed by atoms with Crippen LogP contribution < -0.4 is 27.4 Å². The summed E-state index contributed by atoms with van der Waals surface area (Å²) in [6.45, 7) is 0. The molecular formula is C20H25FN8O. The predicted molar refractivity (Wildman–Crippen MR) is 116 cm³/mol. The van der Waals surface area contributed by atoms with E-state index in [-0.39, 0.29) is 29.3 Å². The molecule has 8 N–H and O–H groups in total. The van der Waals surface area contributed by atoms with Crippen LogP contribution in [0.5, 0.6) is 0 Å². The lowest BCUT2D eigenvalue weighted by Gasteiger charge is -2.30. The van der Waals surface area contributed by atoms with E-state index in [0.717, 1.165) is 38.0 Å². The number of nitrogens with two attached hydrogens (primary N) is 2. The van der Waals surface area contributed by atoms with Crippen molar-refractivity contribution in [1.29, 1.82) is 5.41 Å². The Hall–Kier alpha value is -3.53. The molecule has 0 aliphatic heterocycles. The number of nitrogens with one attached hydrogen (secondary N) is 4. The SMILES string of the molecule is N=C/C=C\Nc1ccc(Nc2nc(N[C@@H]3CCCC[C@@H]3N)c(F)cc2C(N)=O)cn1. The Morgan fingerprint density at radius 3 is 2.73 bits per heavy atom. The van der Waals surface area contributed by atoms with Crippen LogP contribution >= 0.6 is 0 Å². The number of allylic oxidation sites excluding steroid dienone is 1. The van der Waals surface area contributed by atoms with Gasteiger partial charge in [-0.15, -0.1) is 0 Å². The van der Waals surface area contributed by atoms with E-state index >= 15 is 0 Å². The first-order valence-electron chi connectivity index (χ1n) is 9.65. The molecule has 0 radical (unpaired) electrons. The Bertz CT molecular complexity index is 931. The number of hydrogen-bond acceptors (Lipinski definition) is 8. The molecule has 0 saturated heterocycles. The molecule has 1 aliphatic carbocycles. The van der Waals surface area contributed by atoms with Gasteiger partial charge in [-0.3, -0.25) is 4.79 Å². The molecule has 1 fully saturated rings. The summed E-state index contributed by atoms with van der Waals surface area (Å²) in [5.74, 6) is -0.750. The highest BCUT2D eigenvalue weighted by Gasteiger charge is 2.24. The highest BCUT2D eigenvalue weighted by molar-refractivity contribution is 5.98. The van der Waals surface area contributed by atoms with Gasteiger partial charge < -0.3 is 32.8 Å². The summed E-state index contributed by atoms with van der Waals surface area (Å²) < 4.78 is 14.6. The number of nitrogens with zero attached hydrogens (tertiary/aromatic N) is 2. The van der Waals surface area contributed by atoms with Crippen LogP contribution in [0.4, 0.5) is 27.5 Å². The summed E-state index contributed by atoms with van der Waals surface area (Å²) in [6, 6.07) is 4.31. The van der Waals surface area contributed by atoms with Crippen molar-refractivity contribution in [2.75, 3.05) is 16.0 Å². The fraction of sp³-hybridized carbons (Fsp3) is 0.300. The van der Waals surface area contributed by atoms with E-state index in [1.807, 2.05) is 0 Å². The van der Waals surface area contributed by atoms with Gasteiger partial charge in [-0.1, -0.05) is 12.8 Å². The summed E-state index contributed by atoms with van der Waals surface area (Å²) in [6.07, 6.45) is 9.51. The van der Waals surface area contributed by atoms with Gasteiger partial charge in [-0.25, -0.2) is 14.4 Å². The fourth-order valence-electron chi connectivity index (χ4n) is 3.26. The third-order valence-electron chi connectivity index (χ3n) is 4.83. The highest BCUT2D eigenvalue weighted by atomic mass is 19.1. The number of aromatic nitrogens is 2. The Morgan fingerprint density at radius 1 is 1.27 bits per heavy atom. The first-order valence-corrected chi connectivity index (χ1v) is 9.65. The number of rotatable bonds is 8. The van der Waals surface area contributed by atoms with E-state index in [2.05, 4.69) is 25.9 Å². The zero-order chi connectivity index (χ0) is 21.5. The molecule has 2 aromatic heterocycles. The average Bonchev–Trinajstić information content (AvgIpc) is 2.73. The maximum atomic E-state index is 14.6. The molecule has 10 heteroatoms. The monoisotopic (exact) mass is 412 g/mol. The smallest absolute Gasteiger partial charge is 0.252 e. The highest BCUT2D eigenvalue weighted by Crippen LogP contribution is 2.26. The maximum absolute atomic E-state index is 14.6. The van der Waals surface area contributed by atoms with E-state index in [4.69, 9.17) is 16.9 Å². The lowest BCUT2D eigenvalue weighted by molar-refractivity contribution is 0.100. The standard InChI is InChI=1S/C20H25FN8O/c21-14-10-13(18(24)30)19(29-20(14)28-16-5-2-1-4-15(16)23)27-12-6-7-17(26-11-12)25-9-3-8-22/h3,6-11,15-16,22H,1-2,4-5,23H2,(H2,24,30)(H,25,26)(H2,27,28,29)/b9-3-,22-8?/t15-,16+/m0/s1. The van der Waals surface area contributed by atoms with Gasteiger partial charge >= 0.3 is 0 Å².